The molecule has 1 aromatic rings. The lowest BCUT2D eigenvalue weighted by molar-refractivity contribution is -0.136. The zero-order valence-corrected chi connectivity index (χ0v) is 14.7. The summed E-state index contributed by atoms with van der Waals surface area (Å²) in [6.45, 7) is 6.45. The Labute approximate surface area is 145 Å². The molecule has 1 aliphatic rings. The summed E-state index contributed by atoms with van der Waals surface area (Å²) in [4.78, 5) is 25.9. The van der Waals surface area contributed by atoms with Crippen LogP contribution in [-0.2, 0) is 16.1 Å². The van der Waals surface area contributed by atoms with E-state index in [0.29, 0.717) is 25.1 Å². The van der Waals surface area contributed by atoms with Gasteiger partial charge >= 0.3 is 0 Å². The first-order valence-electron chi connectivity index (χ1n) is 8.17. The molecule has 0 saturated carbocycles. The maximum Gasteiger partial charge on any atom is 0.243 e. The van der Waals surface area contributed by atoms with Crippen LogP contribution in [-0.4, -0.2) is 35.0 Å². The molecule has 1 aliphatic heterocycles. The second kappa shape index (κ2) is 7.39. The molecule has 136 valence electrons. The van der Waals surface area contributed by atoms with Crippen molar-refractivity contribution in [2.75, 3.05) is 6.54 Å². The summed E-state index contributed by atoms with van der Waals surface area (Å²) in [5.41, 5.74) is 0.400. The molecular formula is C18H23F2N3O2. The van der Waals surface area contributed by atoms with Gasteiger partial charge in [0.05, 0.1) is 12.5 Å². The molecule has 1 unspecified atom stereocenters. The highest BCUT2D eigenvalue weighted by Crippen LogP contribution is 2.22. The van der Waals surface area contributed by atoms with Gasteiger partial charge in [0, 0.05) is 24.2 Å². The van der Waals surface area contributed by atoms with Crippen LogP contribution in [0.1, 0.15) is 39.2 Å². The Morgan fingerprint density at radius 1 is 1.28 bits per heavy atom. The third-order valence-electron chi connectivity index (χ3n) is 4.31. The van der Waals surface area contributed by atoms with Crippen molar-refractivity contribution < 1.29 is 18.4 Å². The fourth-order valence-electron chi connectivity index (χ4n) is 2.49. The lowest BCUT2D eigenvalue weighted by Gasteiger charge is -2.39. The van der Waals surface area contributed by atoms with E-state index in [0.717, 1.165) is 12.1 Å². The maximum atomic E-state index is 13.3. The lowest BCUT2D eigenvalue weighted by atomic mass is 9.88. The fraction of sp³-hybridized carbons (Fsp3) is 0.500. The molecule has 1 heterocycles. The molecule has 2 N–H and O–H groups in total. The van der Waals surface area contributed by atoms with Crippen molar-refractivity contribution in [1.82, 2.24) is 10.2 Å². The van der Waals surface area contributed by atoms with E-state index < -0.39 is 34.9 Å². The average molecular weight is 351 g/mol. The number of benzene rings is 1. The van der Waals surface area contributed by atoms with Crippen LogP contribution in [0.3, 0.4) is 0 Å². The van der Waals surface area contributed by atoms with E-state index >= 15 is 0 Å². The molecule has 7 heteroatoms. The van der Waals surface area contributed by atoms with Gasteiger partial charge in [0.15, 0.2) is 11.6 Å². The van der Waals surface area contributed by atoms with Gasteiger partial charge in [0.2, 0.25) is 11.8 Å². The third kappa shape index (κ3) is 4.92. The van der Waals surface area contributed by atoms with Crippen LogP contribution >= 0.6 is 0 Å². The van der Waals surface area contributed by atoms with Crippen molar-refractivity contribution in [2.24, 2.45) is 5.41 Å². The minimum Gasteiger partial charge on any atom is -0.309 e. The van der Waals surface area contributed by atoms with Crippen LogP contribution in [0.15, 0.2) is 18.2 Å². The van der Waals surface area contributed by atoms with Crippen molar-refractivity contribution in [1.29, 1.82) is 5.41 Å². The predicted octanol–water partition coefficient (Wildman–Crippen LogP) is 2.64. The van der Waals surface area contributed by atoms with E-state index in [2.05, 4.69) is 5.32 Å². The normalized spacial score (nSPS) is 17.7. The SMILES string of the molecule is CC(C)(C)C(=N)CC(=O)NC(=O)C1CCN1Cc1ccc(F)c(F)c1. The molecule has 0 aromatic heterocycles. The largest absolute Gasteiger partial charge is 0.309 e. The van der Waals surface area contributed by atoms with E-state index in [1.807, 2.05) is 20.8 Å². The fourth-order valence-corrected chi connectivity index (χ4v) is 2.49. The summed E-state index contributed by atoms with van der Waals surface area (Å²) < 4.78 is 26.2. The van der Waals surface area contributed by atoms with Gasteiger partial charge in [-0.3, -0.25) is 19.8 Å². The number of carbonyl (C=O) groups excluding carboxylic acids is 2. The van der Waals surface area contributed by atoms with Gasteiger partial charge in [0.25, 0.3) is 0 Å². The summed E-state index contributed by atoms with van der Waals surface area (Å²) in [6.07, 6.45) is 0.477. The summed E-state index contributed by atoms with van der Waals surface area (Å²) in [6, 6.07) is 3.17. The van der Waals surface area contributed by atoms with Gasteiger partial charge in [-0.2, -0.15) is 0 Å². The van der Waals surface area contributed by atoms with Crippen LogP contribution in [0.25, 0.3) is 0 Å². The van der Waals surface area contributed by atoms with Gasteiger partial charge in [-0.1, -0.05) is 26.8 Å². The van der Waals surface area contributed by atoms with E-state index in [1.54, 1.807) is 4.90 Å². The Kier molecular flexibility index (Phi) is 5.67. The van der Waals surface area contributed by atoms with Crippen LogP contribution < -0.4 is 5.32 Å². The van der Waals surface area contributed by atoms with Crippen LogP contribution in [0, 0.1) is 22.5 Å². The number of nitrogens with zero attached hydrogens (tertiary/aromatic N) is 1. The first kappa shape index (κ1) is 19.2. The summed E-state index contributed by atoms with van der Waals surface area (Å²) >= 11 is 0. The Morgan fingerprint density at radius 2 is 1.96 bits per heavy atom. The number of nitrogens with one attached hydrogen (secondary N) is 2. The van der Waals surface area contributed by atoms with E-state index in [4.69, 9.17) is 5.41 Å². The molecule has 0 radical (unpaired) electrons. The number of halogens is 2. The number of likely N-dealkylation sites (tertiary alicyclic amines) is 1. The van der Waals surface area contributed by atoms with E-state index in [9.17, 15) is 18.4 Å². The summed E-state index contributed by atoms with van der Waals surface area (Å²) in [7, 11) is 0. The highest BCUT2D eigenvalue weighted by atomic mass is 19.2. The monoisotopic (exact) mass is 351 g/mol. The number of imide groups is 1. The lowest BCUT2D eigenvalue weighted by Crippen LogP contribution is -2.56. The molecule has 0 bridgehead atoms. The van der Waals surface area contributed by atoms with Crippen molar-refractivity contribution >= 4 is 17.5 Å². The van der Waals surface area contributed by atoms with E-state index in [-0.39, 0.29) is 12.1 Å². The second-order valence-electron chi connectivity index (χ2n) is 7.34. The van der Waals surface area contributed by atoms with Crippen LogP contribution in [0.2, 0.25) is 0 Å². The third-order valence-corrected chi connectivity index (χ3v) is 4.31. The molecule has 1 atom stereocenters. The van der Waals surface area contributed by atoms with Crippen LogP contribution in [0.5, 0.6) is 0 Å². The van der Waals surface area contributed by atoms with Gasteiger partial charge < -0.3 is 5.41 Å². The first-order chi connectivity index (χ1) is 11.6. The molecule has 2 amide bonds. The number of hydrogen-bond acceptors (Lipinski definition) is 4. The topological polar surface area (TPSA) is 73.3 Å². The Balaban J connectivity index is 1.88. The highest BCUT2D eigenvalue weighted by molar-refractivity contribution is 6.07. The summed E-state index contributed by atoms with van der Waals surface area (Å²) in [5, 5.41) is 10.2. The molecule has 25 heavy (non-hydrogen) atoms. The highest BCUT2D eigenvalue weighted by Gasteiger charge is 2.35. The quantitative estimate of drug-likeness (QED) is 0.801. The van der Waals surface area contributed by atoms with Gasteiger partial charge in [-0.05, 0) is 24.1 Å². The van der Waals surface area contributed by atoms with Gasteiger partial charge in [-0.15, -0.1) is 0 Å². The number of amides is 2. The van der Waals surface area contributed by atoms with Gasteiger partial charge in [0.1, 0.15) is 0 Å². The molecule has 2 rings (SSSR count). The van der Waals surface area contributed by atoms with Crippen LogP contribution in [0.4, 0.5) is 8.78 Å². The zero-order chi connectivity index (χ0) is 18.8. The Bertz CT molecular complexity index is 698. The predicted molar refractivity (Wildman–Crippen MR) is 90.1 cm³/mol. The number of hydrogen-bond donors (Lipinski definition) is 2. The van der Waals surface area contributed by atoms with Crippen molar-refractivity contribution in [3.05, 3.63) is 35.4 Å². The van der Waals surface area contributed by atoms with Crippen molar-refractivity contribution in [2.45, 2.75) is 46.2 Å². The molecular weight excluding hydrogens is 328 g/mol. The first-order valence-corrected chi connectivity index (χ1v) is 8.17. The standard InChI is InChI=1S/C18H23F2N3O2/c1-18(2,3)15(21)9-16(24)22-17(25)14-6-7-23(14)10-11-4-5-12(19)13(20)8-11/h4-5,8,14,21H,6-7,9-10H2,1-3H3,(H,22,24,25). The molecule has 0 aliphatic carbocycles. The molecule has 1 aromatic carbocycles. The molecule has 0 spiro atoms. The molecule has 1 fully saturated rings. The molecule has 1 saturated heterocycles. The van der Waals surface area contributed by atoms with E-state index in [1.165, 1.54) is 6.07 Å². The smallest absolute Gasteiger partial charge is 0.243 e. The minimum atomic E-state index is -0.921. The van der Waals surface area contributed by atoms with Crippen molar-refractivity contribution in [3.8, 4) is 0 Å². The second-order valence-corrected chi connectivity index (χ2v) is 7.34. The summed E-state index contributed by atoms with van der Waals surface area (Å²) in [5.74, 6) is -2.74. The average Bonchev–Trinajstić information content (AvgIpc) is 2.45. The number of carbonyl (C=O) groups is 2. The van der Waals surface area contributed by atoms with Crippen molar-refractivity contribution in [3.63, 3.8) is 0 Å². The Hall–Kier alpha value is -2.15. The molecule has 5 nitrogen and oxygen atoms in total. The minimum absolute atomic E-state index is 0.120. The van der Waals surface area contributed by atoms with Gasteiger partial charge in [-0.25, -0.2) is 8.78 Å². The Morgan fingerprint density at radius 3 is 2.48 bits per heavy atom. The maximum absolute atomic E-state index is 13.3. The zero-order valence-electron chi connectivity index (χ0n) is 14.7. The number of rotatable bonds is 5.